The number of nitrogens with one attached hydrogen (secondary N) is 1. The fourth-order valence-electron chi connectivity index (χ4n) is 3.34. The van der Waals surface area contributed by atoms with Crippen LogP contribution < -0.4 is 5.32 Å². The van der Waals surface area contributed by atoms with Gasteiger partial charge in [0.2, 0.25) is 0 Å². The van der Waals surface area contributed by atoms with Crippen LogP contribution in [-0.2, 0) is 0 Å². The third-order valence-corrected chi connectivity index (χ3v) is 5.68. The molecule has 1 amide bonds. The fraction of sp³-hybridized carbons (Fsp3) is 0.300. The van der Waals surface area contributed by atoms with Crippen LogP contribution in [0.25, 0.3) is 11.3 Å². The molecule has 0 aliphatic carbocycles. The first-order valence-electron chi connectivity index (χ1n) is 8.89. The van der Waals surface area contributed by atoms with Gasteiger partial charge in [-0.15, -0.1) is 11.3 Å². The summed E-state index contributed by atoms with van der Waals surface area (Å²) in [6.45, 7) is 2.74. The summed E-state index contributed by atoms with van der Waals surface area (Å²) < 4.78 is 5.33. The molecule has 0 bridgehead atoms. The highest BCUT2D eigenvalue weighted by Gasteiger charge is 2.25. The van der Waals surface area contributed by atoms with Gasteiger partial charge in [-0.2, -0.15) is 0 Å². The monoisotopic (exact) mass is 367 g/mol. The van der Waals surface area contributed by atoms with Gasteiger partial charge < -0.3 is 9.84 Å². The van der Waals surface area contributed by atoms with Crippen LogP contribution in [0.15, 0.2) is 58.4 Å². The lowest BCUT2D eigenvalue weighted by molar-refractivity contribution is 0.0929. The number of nitrogens with zero attached hydrogens (tertiary/aromatic N) is 2. The summed E-state index contributed by atoms with van der Waals surface area (Å²) in [5.41, 5.74) is 1.22. The van der Waals surface area contributed by atoms with Gasteiger partial charge in [0.05, 0.1) is 6.04 Å². The lowest BCUT2D eigenvalue weighted by atomic mass is 10.1. The molecule has 5 nitrogen and oxygen atoms in total. The molecule has 6 heteroatoms. The lowest BCUT2D eigenvalue weighted by Gasteiger charge is -2.26. The molecule has 0 saturated carbocycles. The average molecular weight is 367 g/mol. The van der Waals surface area contributed by atoms with Crippen molar-refractivity contribution in [2.75, 3.05) is 19.6 Å². The Morgan fingerprint density at radius 3 is 2.73 bits per heavy atom. The second kappa shape index (κ2) is 7.85. The van der Waals surface area contributed by atoms with E-state index >= 15 is 0 Å². The molecule has 134 valence electrons. The van der Waals surface area contributed by atoms with Gasteiger partial charge in [0.15, 0.2) is 11.5 Å². The van der Waals surface area contributed by atoms with E-state index in [0.717, 1.165) is 18.7 Å². The molecular formula is C20H21N3O2S. The van der Waals surface area contributed by atoms with Gasteiger partial charge in [-0.25, -0.2) is 0 Å². The zero-order valence-electron chi connectivity index (χ0n) is 14.4. The van der Waals surface area contributed by atoms with E-state index in [4.69, 9.17) is 4.52 Å². The molecule has 4 rings (SSSR count). The lowest BCUT2D eigenvalue weighted by Crippen LogP contribution is -2.36. The summed E-state index contributed by atoms with van der Waals surface area (Å²) in [7, 11) is 0. The second-order valence-corrected chi connectivity index (χ2v) is 7.41. The first-order valence-corrected chi connectivity index (χ1v) is 9.77. The Morgan fingerprint density at radius 1 is 1.19 bits per heavy atom. The van der Waals surface area contributed by atoms with Crippen LogP contribution in [0, 0.1) is 0 Å². The molecule has 2 aromatic heterocycles. The minimum absolute atomic E-state index is 0.198. The van der Waals surface area contributed by atoms with Gasteiger partial charge in [0.25, 0.3) is 5.91 Å². The van der Waals surface area contributed by atoms with Crippen LogP contribution in [-0.4, -0.2) is 35.6 Å². The molecule has 1 aliphatic heterocycles. The number of hydrogen-bond donors (Lipinski definition) is 1. The van der Waals surface area contributed by atoms with Gasteiger partial charge >= 0.3 is 0 Å². The van der Waals surface area contributed by atoms with Gasteiger partial charge in [-0.1, -0.05) is 41.6 Å². The molecule has 1 fully saturated rings. The van der Waals surface area contributed by atoms with E-state index in [-0.39, 0.29) is 11.9 Å². The summed E-state index contributed by atoms with van der Waals surface area (Å²) in [6.07, 6.45) is 2.44. The zero-order chi connectivity index (χ0) is 17.8. The summed E-state index contributed by atoms with van der Waals surface area (Å²) in [5, 5.41) is 9.05. The van der Waals surface area contributed by atoms with Crippen LogP contribution in [0.5, 0.6) is 0 Å². The van der Waals surface area contributed by atoms with Crippen molar-refractivity contribution in [3.8, 4) is 11.3 Å². The molecule has 3 aromatic rings. The highest BCUT2D eigenvalue weighted by atomic mass is 32.1. The van der Waals surface area contributed by atoms with E-state index in [0.29, 0.717) is 18.0 Å². The number of hydrogen-bond acceptors (Lipinski definition) is 5. The number of carbonyl (C=O) groups excluding carboxylic acids is 1. The largest absolute Gasteiger partial charge is 0.355 e. The van der Waals surface area contributed by atoms with Crippen molar-refractivity contribution in [2.24, 2.45) is 0 Å². The third kappa shape index (κ3) is 3.71. The van der Waals surface area contributed by atoms with E-state index in [1.165, 1.54) is 17.7 Å². The van der Waals surface area contributed by atoms with Crippen LogP contribution in [0.3, 0.4) is 0 Å². The predicted molar refractivity (Wildman–Crippen MR) is 102 cm³/mol. The molecule has 1 aliphatic rings. The highest BCUT2D eigenvalue weighted by Crippen LogP contribution is 2.28. The quantitative estimate of drug-likeness (QED) is 0.716. The fourth-order valence-corrected chi connectivity index (χ4v) is 4.21. The summed E-state index contributed by atoms with van der Waals surface area (Å²) >= 11 is 1.74. The minimum Gasteiger partial charge on any atom is -0.355 e. The number of aromatic nitrogens is 1. The summed E-state index contributed by atoms with van der Waals surface area (Å²) in [4.78, 5) is 16.3. The maximum atomic E-state index is 12.5. The van der Waals surface area contributed by atoms with E-state index in [2.05, 4.69) is 32.9 Å². The van der Waals surface area contributed by atoms with Gasteiger partial charge in [-0.3, -0.25) is 9.69 Å². The maximum absolute atomic E-state index is 12.5. The minimum atomic E-state index is -0.198. The number of thiophene rings is 1. The zero-order valence-corrected chi connectivity index (χ0v) is 15.2. The topological polar surface area (TPSA) is 58.4 Å². The molecule has 1 N–H and O–H groups in total. The van der Waals surface area contributed by atoms with E-state index in [1.54, 1.807) is 17.4 Å². The number of benzene rings is 1. The van der Waals surface area contributed by atoms with E-state index < -0.39 is 0 Å². The van der Waals surface area contributed by atoms with E-state index in [9.17, 15) is 4.79 Å². The van der Waals surface area contributed by atoms with Crippen molar-refractivity contribution in [1.29, 1.82) is 0 Å². The highest BCUT2D eigenvalue weighted by molar-refractivity contribution is 7.10. The van der Waals surface area contributed by atoms with Crippen molar-refractivity contribution >= 4 is 17.2 Å². The molecule has 0 radical (unpaired) electrons. The molecule has 3 heterocycles. The molecule has 1 aromatic carbocycles. The maximum Gasteiger partial charge on any atom is 0.273 e. The second-order valence-electron chi connectivity index (χ2n) is 6.43. The Labute approximate surface area is 156 Å². The Hall–Kier alpha value is -2.44. The van der Waals surface area contributed by atoms with Gasteiger partial charge in [0, 0.05) is 23.1 Å². The van der Waals surface area contributed by atoms with Crippen molar-refractivity contribution in [1.82, 2.24) is 15.4 Å². The van der Waals surface area contributed by atoms with Crippen molar-refractivity contribution in [3.05, 3.63) is 64.5 Å². The van der Waals surface area contributed by atoms with Crippen LogP contribution in [0.1, 0.15) is 34.2 Å². The molecule has 1 unspecified atom stereocenters. The molecule has 26 heavy (non-hydrogen) atoms. The number of amides is 1. The van der Waals surface area contributed by atoms with E-state index in [1.807, 2.05) is 30.3 Å². The first kappa shape index (κ1) is 17.0. The van der Waals surface area contributed by atoms with Gasteiger partial charge in [-0.05, 0) is 37.4 Å². The number of rotatable bonds is 6. The predicted octanol–water partition coefficient (Wildman–Crippen LogP) is 3.97. The van der Waals surface area contributed by atoms with Crippen molar-refractivity contribution < 1.29 is 9.32 Å². The normalized spacial score (nSPS) is 15.8. The van der Waals surface area contributed by atoms with Crippen molar-refractivity contribution in [3.63, 3.8) is 0 Å². The van der Waals surface area contributed by atoms with Crippen LogP contribution >= 0.6 is 11.3 Å². The first-order chi connectivity index (χ1) is 12.8. The number of carbonyl (C=O) groups is 1. The van der Waals surface area contributed by atoms with Gasteiger partial charge in [0.1, 0.15) is 0 Å². The Balaban J connectivity index is 1.43. The SMILES string of the molecule is O=C(NCC(c1cccs1)N1CCCC1)c1cc(-c2ccccc2)on1. The Morgan fingerprint density at radius 2 is 2.00 bits per heavy atom. The molecule has 1 saturated heterocycles. The number of likely N-dealkylation sites (tertiary alicyclic amines) is 1. The van der Waals surface area contributed by atoms with Crippen LogP contribution in [0.2, 0.25) is 0 Å². The summed E-state index contributed by atoms with van der Waals surface area (Å²) in [6, 6.07) is 15.8. The summed E-state index contributed by atoms with van der Waals surface area (Å²) in [5.74, 6) is 0.404. The molecule has 1 atom stereocenters. The smallest absolute Gasteiger partial charge is 0.273 e. The average Bonchev–Trinajstić information content (AvgIpc) is 3.44. The molecule has 0 spiro atoms. The Kier molecular flexibility index (Phi) is 5.13. The third-order valence-electron chi connectivity index (χ3n) is 4.71. The Bertz CT molecular complexity index is 839. The standard InChI is InChI=1S/C20H21N3O2S/c24-20(16-13-18(25-22-16)15-7-2-1-3-8-15)21-14-17(19-9-6-12-26-19)23-10-4-5-11-23/h1-3,6-9,12-13,17H,4-5,10-11,14H2,(H,21,24). The van der Waals surface area contributed by atoms with Crippen LogP contribution in [0.4, 0.5) is 0 Å². The molecular weight excluding hydrogens is 346 g/mol. The van der Waals surface area contributed by atoms with Crippen molar-refractivity contribution in [2.45, 2.75) is 18.9 Å².